The molecular weight excluding hydrogens is 370 g/mol. The Labute approximate surface area is 173 Å². The first-order chi connectivity index (χ1) is 13.6. The molecule has 0 spiro atoms. The molecule has 0 unspecified atom stereocenters. The Bertz CT molecular complexity index is 758. The lowest BCUT2D eigenvalue weighted by Crippen LogP contribution is -2.63. The molecule has 1 aromatic rings. The van der Waals surface area contributed by atoms with Crippen molar-refractivity contribution in [2.24, 2.45) is 5.41 Å². The number of carbonyl (C=O) groups excluding carboxylic acids is 2. The summed E-state index contributed by atoms with van der Waals surface area (Å²) in [5.74, 6) is -0.709. The molecule has 0 aliphatic carbocycles. The lowest BCUT2D eigenvalue weighted by atomic mass is 9.76. The van der Waals surface area contributed by atoms with Crippen LogP contribution in [0, 0.1) is 5.41 Å². The molecule has 3 rings (SSSR count). The van der Waals surface area contributed by atoms with E-state index in [1.165, 1.54) is 0 Å². The molecule has 29 heavy (non-hydrogen) atoms. The first-order valence-electron chi connectivity index (χ1n) is 10.4. The standard InChI is InChI=1S/C23H33NO5/c1-7-23-14-13-22(5,20(26)29-21(2,3)4)19(25)24(23)17(15-27-6)18(28-23)16-11-9-8-10-12-16/h8-12,17-18H,7,13-15H2,1-6H3/t17-,18-,22+,23+/m0/s1. The first-order valence-corrected chi connectivity index (χ1v) is 10.4. The van der Waals surface area contributed by atoms with Crippen molar-refractivity contribution >= 4 is 11.9 Å². The SMILES string of the molecule is CC[C@@]12CC[C@@](C)(C(=O)OC(C)(C)C)C(=O)N1[C@@H](COC)[C@H](c1ccccc1)O2. The number of carbonyl (C=O) groups is 2. The van der Waals surface area contributed by atoms with Gasteiger partial charge in [-0.05, 0) is 52.5 Å². The van der Waals surface area contributed by atoms with Crippen LogP contribution in [-0.2, 0) is 23.8 Å². The molecule has 0 aromatic heterocycles. The van der Waals surface area contributed by atoms with Crippen LogP contribution in [0.15, 0.2) is 30.3 Å². The third-order valence-corrected chi connectivity index (χ3v) is 6.04. The Kier molecular flexibility index (Phi) is 5.80. The summed E-state index contributed by atoms with van der Waals surface area (Å²) in [5.41, 5.74) is -1.61. The smallest absolute Gasteiger partial charge is 0.321 e. The molecule has 2 fully saturated rings. The van der Waals surface area contributed by atoms with Gasteiger partial charge in [-0.1, -0.05) is 37.3 Å². The summed E-state index contributed by atoms with van der Waals surface area (Å²) in [4.78, 5) is 28.6. The van der Waals surface area contributed by atoms with Gasteiger partial charge in [-0.15, -0.1) is 0 Å². The van der Waals surface area contributed by atoms with Crippen LogP contribution in [0.3, 0.4) is 0 Å². The van der Waals surface area contributed by atoms with Gasteiger partial charge in [-0.2, -0.15) is 0 Å². The molecule has 0 saturated carbocycles. The maximum Gasteiger partial charge on any atom is 0.321 e. The van der Waals surface area contributed by atoms with Crippen molar-refractivity contribution in [3.63, 3.8) is 0 Å². The van der Waals surface area contributed by atoms with Crippen LogP contribution < -0.4 is 0 Å². The van der Waals surface area contributed by atoms with Crippen LogP contribution in [0.1, 0.15) is 65.5 Å². The Morgan fingerprint density at radius 3 is 2.45 bits per heavy atom. The maximum atomic E-state index is 13.8. The molecule has 0 radical (unpaired) electrons. The number of benzene rings is 1. The average Bonchev–Trinajstić information content (AvgIpc) is 3.00. The van der Waals surface area contributed by atoms with Gasteiger partial charge in [0.1, 0.15) is 22.8 Å². The fourth-order valence-electron chi connectivity index (χ4n) is 4.42. The third kappa shape index (κ3) is 3.80. The highest BCUT2D eigenvalue weighted by molar-refractivity contribution is 6.03. The van der Waals surface area contributed by atoms with Crippen molar-refractivity contribution in [3.05, 3.63) is 35.9 Å². The fourth-order valence-corrected chi connectivity index (χ4v) is 4.42. The van der Waals surface area contributed by atoms with Crippen LogP contribution in [0.25, 0.3) is 0 Å². The minimum Gasteiger partial charge on any atom is -0.459 e. The first kappa shape index (κ1) is 21.8. The topological polar surface area (TPSA) is 65.1 Å². The van der Waals surface area contributed by atoms with Gasteiger partial charge in [0.2, 0.25) is 5.91 Å². The molecule has 2 heterocycles. The van der Waals surface area contributed by atoms with E-state index in [1.54, 1.807) is 18.9 Å². The Morgan fingerprint density at radius 1 is 1.24 bits per heavy atom. The second-order valence-corrected chi connectivity index (χ2v) is 9.28. The van der Waals surface area contributed by atoms with E-state index in [9.17, 15) is 9.59 Å². The fraction of sp³-hybridized carbons (Fsp3) is 0.652. The van der Waals surface area contributed by atoms with Gasteiger partial charge in [-0.25, -0.2) is 0 Å². The van der Waals surface area contributed by atoms with Crippen molar-refractivity contribution in [1.29, 1.82) is 0 Å². The monoisotopic (exact) mass is 403 g/mol. The van der Waals surface area contributed by atoms with E-state index >= 15 is 0 Å². The van der Waals surface area contributed by atoms with Gasteiger partial charge in [0, 0.05) is 7.11 Å². The number of ether oxygens (including phenoxy) is 3. The highest BCUT2D eigenvalue weighted by Gasteiger charge is 2.63. The predicted molar refractivity (Wildman–Crippen MR) is 109 cm³/mol. The summed E-state index contributed by atoms with van der Waals surface area (Å²) >= 11 is 0. The minimum absolute atomic E-state index is 0.236. The number of fused-ring (bicyclic) bond motifs is 1. The van der Waals surface area contributed by atoms with Crippen LogP contribution in [0.2, 0.25) is 0 Å². The number of amides is 1. The number of hydrogen-bond donors (Lipinski definition) is 0. The lowest BCUT2D eigenvalue weighted by molar-refractivity contribution is -0.194. The van der Waals surface area contributed by atoms with E-state index in [2.05, 4.69) is 0 Å². The molecule has 2 aliphatic heterocycles. The summed E-state index contributed by atoms with van der Waals surface area (Å²) in [7, 11) is 1.62. The molecule has 2 saturated heterocycles. The van der Waals surface area contributed by atoms with Gasteiger partial charge in [0.05, 0.1) is 12.6 Å². The van der Waals surface area contributed by atoms with Crippen LogP contribution in [0.5, 0.6) is 0 Å². The van der Waals surface area contributed by atoms with Crippen molar-refractivity contribution in [2.75, 3.05) is 13.7 Å². The van der Waals surface area contributed by atoms with E-state index < -0.39 is 22.7 Å². The predicted octanol–water partition coefficient (Wildman–Crippen LogP) is 3.85. The van der Waals surface area contributed by atoms with E-state index in [-0.39, 0.29) is 18.1 Å². The lowest BCUT2D eigenvalue weighted by Gasteiger charge is -2.48. The summed E-state index contributed by atoms with van der Waals surface area (Å²) in [6.45, 7) is 9.50. The molecule has 2 aliphatic rings. The van der Waals surface area contributed by atoms with Crippen molar-refractivity contribution < 1.29 is 23.8 Å². The van der Waals surface area contributed by atoms with Crippen molar-refractivity contribution in [1.82, 2.24) is 4.90 Å². The molecule has 6 nitrogen and oxygen atoms in total. The molecule has 1 aromatic carbocycles. The minimum atomic E-state index is -1.23. The number of methoxy groups -OCH3 is 1. The second kappa shape index (κ2) is 7.73. The van der Waals surface area contributed by atoms with Crippen molar-refractivity contribution in [2.45, 2.75) is 77.4 Å². The van der Waals surface area contributed by atoms with Gasteiger partial charge >= 0.3 is 5.97 Å². The number of rotatable bonds is 5. The Morgan fingerprint density at radius 2 is 1.90 bits per heavy atom. The normalized spacial score (nSPS) is 32.2. The molecule has 160 valence electrons. The summed E-state index contributed by atoms with van der Waals surface area (Å²) < 4.78 is 17.7. The molecular formula is C23H33NO5. The molecule has 1 amide bonds. The zero-order valence-corrected chi connectivity index (χ0v) is 18.4. The van der Waals surface area contributed by atoms with Gasteiger partial charge in [0.15, 0.2) is 0 Å². The highest BCUT2D eigenvalue weighted by atomic mass is 16.6. The van der Waals surface area contributed by atoms with E-state index in [0.717, 1.165) is 5.56 Å². The molecule has 0 bridgehead atoms. The largest absolute Gasteiger partial charge is 0.459 e. The maximum absolute atomic E-state index is 13.8. The summed E-state index contributed by atoms with van der Waals surface area (Å²) in [6, 6.07) is 9.59. The van der Waals surface area contributed by atoms with Gasteiger partial charge in [0.25, 0.3) is 0 Å². The van der Waals surface area contributed by atoms with Crippen LogP contribution >= 0.6 is 0 Å². The number of esters is 1. The van der Waals surface area contributed by atoms with Gasteiger partial charge < -0.3 is 19.1 Å². The zero-order chi connectivity index (χ0) is 21.4. The van der Waals surface area contributed by atoms with E-state index in [4.69, 9.17) is 14.2 Å². The van der Waals surface area contributed by atoms with Gasteiger partial charge in [-0.3, -0.25) is 9.59 Å². The average molecular weight is 404 g/mol. The van der Waals surface area contributed by atoms with Crippen LogP contribution in [0.4, 0.5) is 0 Å². The zero-order valence-electron chi connectivity index (χ0n) is 18.4. The molecule has 6 heteroatoms. The quantitative estimate of drug-likeness (QED) is 0.552. The number of piperidine rings is 1. The Hall–Kier alpha value is -1.92. The number of nitrogens with zero attached hydrogens (tertiary/aromatic N) is 1. The van der Waals surface area contributed by atoms with E-state index in [0.29, 0.717) is 25.9 Å². The van der Waals surface area contributed by atoms with Crippen molar-refractivity contribution in [3.8, 4) is 0 Å². The van der Waals surface area contributed by atoms with Crippen LogP contribution in [-0.4, -0.2) is 47.9 Å². The Balaban J connectivity index is 2.00. The summed E-state index contributed by atoms with van der Waals surface area (Å²) in [6.07, 6.45) is 1.31. The number of hydrogen-bond acceptors (Lipinski definition) is 5. The summed E-state index contributed by atoms with van der Waals surface area (Å²) in [5, 5.41) is 0. The molecule has 0 N–H and O–H groups in total. The molecule has 4 atom stereocenters. The van der Waals surface area contributed by atoms with E-state index in [1.807, 2.05) is 58.0 Å². The second-order valence-electron chi connectivity index (χ2n) is 9.28. The third-order valence-electron chi connectivity index (χ3n) is 6.04. The highest BCUT2D eigenvalue weighted by Crippen LogP contribution is 2.52.